The van der Waals surface area contributed by atoms with E-state index in [9.17, 15) is 4.79 Å². The normalized spacial score (nSPS) is 21.0. The van der Waals surface area contributed by atoms with Crippen molar-refractivity contribution < 1.29 is 4.79 Å². The molecule has 2 fully saturated rings. The van der Waals surface area contributed by atoms with Crippen LogP contribution in [0.25, 0.3) is 0 Å². The Hall–Kier alpha value is -2.04. The molecular formula is C20H28N4O. The van der Waals surface area contributed by atoms with E-state index in [-0.39, 0.29) is 5.91 Å². The van der Waals surface area contributed by atoms with Crippen molar-refractivity contribution in [1.82, 2.24) is 19.2 Å². The summed E-state index contributed by atoms with van der Waals surface area (Å²) < 4.78 is 4.47. The van der Waals surface area contributed by atoms with E-state index in [0.717, 1.165) is 42.9 Å². The van der Waals surface area contributed by atoms with Crippen LogP contribution in [0, 0.1) is 27.7 Å². The van der Waals surface area contributed by atoms with E-state index >= 15 is 0 Å². The van der Waals surface area contributed by atoms with Gasteiger partial charge in [0.25, 0.3) is 5.91 Å². The minimum Gasteiger partial charge on any atom is -0.345 e. The van der Waals surface area contributed by atoms with Crippen molar-refractivity contribution >= 4 is 5.91 Å². The topological polar surface area (TPSA) is 43.1 Å². The van der Waals surface area contributed by atoms with Gasteiger partial charge in [0.1, 0.15) is 0 Å². The molecule has 2 aromatic rings. The number of carbonyl (C=O) groups is 1. The second-order valence-corrected chi connectivity index (χ2v) is 7.80. The molecule has 0 N–H and O–H groups in total. The monoisotopic (exact) mass is 340 g/mol. The summed E-state index contributed by atoms with van der Waals surface area (Å²) in [6.45, 7) is 9.96. The molecule has 1 aliphatic carbocycles. The second-order valence-electron chi connectivity index (χ2n) is 7.80. The Morgan fingerprint density at radius 2 is 1.80 bits per heavy atom. The zero-order chi connectivity index (χ0) is 17.7. The largest absolute Gasteiger partial charge is 0.345 e. The average molecular weight is 340 g/mol. The lowest BCUT2D eigenvalue weighted by Crippen LogP contribution is -2.41. The standard InChI is InChI=1S/C20H28N4O/c1-13-10-15(3)24(21-13)18-6-5-9-22(12-18)20(25)19-11-14(2)23(16(19)4)17-7-8-17/h10-11,17-18H,5-9,12H2,1-4H3/t18-/m1/s1. The molecule has 0 bridgehead atoms. The quantitative estimate of drug-likeness (QED) is 0.854. The van der Waals surface area contributed by atoms with Gasteiger partial charge in [-0.05, 0) is 65.5 Å². The van der Waals surface area contributed by atoms with Crippen molar-refractivity contribution in [3.05, 3.63) is 40.5 Å². The van der Waals surface area contributed by atoms with Crippen LogP contribution in [0.5, 0.6) is 0 Å². The molecule has 3 heterocycles. The molecule has 0 radical (unpaired) electrons. The number of aryl methyl sites for hydroxylation is 3. The lowest BCUT2D eigenvalue weighted by molar-refractivity contribution is 0.0670. The highest BCUT2D eigenvalue weighted by molar-refractivity contribution is 5.95. The maximum absolute atomic E-state index is 13.2. The molecule has 5 nitrogen and oxygen atoms in total. The molecule has 4 rings (SSSR count). The van der Waals surface area contributed by atoms with Crippen LogP contribution in [0.15, 0.2) is 12.1 Å². The number of piperidine rings is 1. The van der Waals surface area contributed by atoms with E-state index in [2.05, 4.69) is 47.3 Å². The van der Waals surface area contributed by atoms with E-state index in [4.69, 9.17) is 0 Å². The summed E-state index contributed by atoms with van der Waals surface area (Å²) in [4.78, 5) is 15.2. The Balaban J connectivity index is 1.56. The number of hydrogen-bond acceptors (Lipinski definition) is 2. The van der Waals surface area contributed by atoms with Crippen molar-refractivity contribution in [2.75, 3.05) is 13.1 Å². The van der Waals surface area contributed by atoms with Gasteiger partial charge < -0.3 is 9.47 Å². The molecule has 1 amide bonds. The first-order chi connectivity index (χ1) is 12.0. The van der Waals surface area contributed by atoms with Gasteiger partial charge in [0.2, 0.25) is 0 Å². The van der Waals surface area contributed by atoms with Gasteiger partial charge in [0, 0.05) is 36.2 Å². The first-order valence-electron chi connectivity index (χ1n) is 9.46. The van der Waals surface area contributed by atoms with Crippen molar-refractivity contribution in [3.63, 3.8) is 0 Å². The SMILES string of the molecule is Cc1cc(C)n([C@@H]2CCCN(C(=O)c3cc(C)n(C4CC4)c3C)C2)n1. The van der Waals surface area contributed by atoms with Gasteiger partial charge >= 0.3 is 0 Å². The Kier molecular flexibility index (Phi) is 3.97. The van der Waals surface area contributed by atoms with Crippen LogP contribution in [0.2, 0.25) is 0 Å². The fraction of sp³-hybridized carbons (Fsp3) is 0.600. The van der Waals surface area contributed by atoms with Crippen LogP contribution in [0.1, 0.15) is 70.9 Å². The first-order valence-corrected chi connectivity index (χ1v) is 9.46. The molecule has 0 unspecified atom stereocenters. The van der Waals surface area contributed by atoms with Crippen molar-refractivity contribution in [2.24, 2.45) is 0 Å². The fourth-order valence-electron chi connectivity index (χ4n) is 4.41. The summed E-state index contributed by atoms with van der Waals surface area (Å²) in [5.74, 6) is 0.186. The highest BCUT2D eigenvalue weighted by Crippen LogP contribution is 2.38. The molecule has 2 aliphatic rings. The highest BCUT2D eigenvalue weighted by atomic mass is 16.2. The Labute approximate surface area is 149 Å². The number of aromatic nitrogens is 3. The van der Waals surface area contributed by atoms with Crippen molar-refractivity contribution in [2.45, 2.75) is 65.5 Å². The molecule has 25 heavy (non-hydrogen) atoms. The predicted molar refractivity (Wildman–Crippen MR) is 98.1 cm³/mol. The second kappa shape index (κ2) is 6.04. The minimum atomic E-state index is 0.186. The molecule has 1 saturated carbocycles. The van der Waals surface area contributed by atoms with Gasteiger partial charge in [-0.1, -0.05) is 0 Å². The molecule has 5 heteroatoms. The lowest BCUT2D eigenvalue weighted by Gasteiger charge is -2.33. The number of rotatable bonds is 3. The zero-order valence-electron chi connectivity index (χ0n) is 15.7. The average Bonchev–Trinajstić information content (AvgIpc) is 3.29. The van der Waals surface area contributed by atoms with Crippen LogP contribution >= 0.6 is 0 Å². The van der Waals surface area contributed by atoms with Gasteiger partial charge in [-0.3, -0.25) is 9.48 Å². The van der Waals surface area contributed by atoms with E-state index in [1.807, 2.05) is 11.8 Å². The van der Waals surface area contributed by atoms with Crippen molar-refractivity contribution in [3.8, 4) is 0 Å². The molecule has 0 spiro atoms. The molecule has 1 aliphatic heterocycles. The zero-order valence-corrected chi connectivity index (χ0v) is 15.7. The molecule has 134 valence electrons. The fourth-order valence-corrected chi connectivity index (χ4v) is 4.41. The van der Waals surface area contributed by atoms with Crippen molar-refractivity contribution in [1.29, 1.82) is 0 Å². The third-order valence-electron chi connectivity index (χ3n) is 5.70. The van der Waals surface area contributed by atoms with Gasteiger partial charge in [0.05, 0.1) is 17.3 Å². The minimum absolute atomic E-state index is 0.186. The molecule has 2 aromatic heterocycles. The number of amides is 1. The van der Waals surface area contributed by atoms with Gasteiger partial charge in [0.15, 0.2) is 0 Å². The summed E-state index contributed by atoms with van der Waals surface area (Å²) in [6, 6.07) is 5.11. The van der Waals surface area contributed by atoms with E-state index in [1.165, 1.54) is 24.2 Å². The van der Waals surface area contributed by atoms with Crippen LogP contribution in [-0.4, -0.2) is 38.2 Å². The van der Waals surface area contributed by atoms with Crippen LogP contribution in [0.3, 0.4) is 0 Å². The number of carbonyl (C=O) groups excluding carboxylic acids is 1. The summed E-state index contributed by atoms with van der Waals surface area (Å²) in [5, 5.41) is 4.64. The molecular weight excluding hydrogens is 312 g/mol. The highest BCUT2D eigenvalue weighted by Gasteiger charge is 2.31. The van der Waals surface area contributed by atoms with Crippen LogP contribution in [0.4, 0.5) is 0 Å². The first kappa shape index (κ1) is 16.4. The smallest absolute Gasteiger partial charge is 0.255 e. The number of hydrogen-bond donors (Lipinski definition) is 0. The maximum atomic E-state index is 13.2. The summed E-state index contributed by atoms with van der Waals surface area (Å²) in [7, 11) is 0. The summed E-state index contributed by atoms with van der Waals surface area (Å²) in [5.41, 5.74) is 5.48. The van der Waals surface area contributed by atoms with E-state index in [1.54, 1.807) is 0 Å². The number of nitrogens with zero attached hydrogens (tertiary/aromatic N) is 4. The van der Waals surface area contributed by atoms with E-state index < -0.39 is 0 Å². The molecule has 1 saturated heterocycles. The molecule has 1 atom stereocenters. The third-order valence-corrected chi connectivity index (χ3v) is 5.70. The lowest BCUT2D eigenvalue weighted by atomic mass is 10.0. The van der Waals surface area contributed by atoms with Gasteiger partial charge in [-0.2, -0.15) is 5.10 Å². The van der Waals surface area contributed by atoms with E-state index in [0.29, 0.717) is 12.1 Å². The summed E-state index contributed by atoms with van der Waals surface area (Å²) >= 11 is 0. The predicted octanol–water partition coefficient (Wildman–Crippen LogP) is 3.73. The number of likely N-dealkylation sites (tertiary alicyclic amines) is 1. The Morgan fingerprint density at radius 1 is 1.04 bits per heavy atom. The maximum Gasteiger partial charge on any atom is 0.255 e. The van der Waals surface area contributed by atoms with Gasteiger partial charge in [-0.15, -0.1) is 0 Å². The van der Waals surface area contributed by atoms with Crippen LogP contribution < -0.4 is 0 Å². The third kappa shape index (κ3) is 2.90. The van der Waals surface area contributed by atoms with Gasteiger partial charge in [-0.25, -0.2) is 0 Å². The Morgan fingerprint density at radius 3 is 2.44 bits per heavy atom. The Bertz CT molecular complexity index is 812. The van der Waals surface area contributed by atoms with Crippen LogP contribution in [-0.2, 0) is 0 Å². The molecule has 0 aromatic carbocycles. The summed E-state index contributed by atoms with van der Waals surface area (Å²) in [6.07, 6.45) is 4.62.